The number of aromatic amines is 1. The number of aryl methyl sites for hydroxylation is 1. The third kappa shape index (κ3) is 3.55. The van der Waals surface area contributed by atoms with E-state index < -0.39 is 6.09 Å². The van der Waals surface area contributed by atoms with Crippen molar-refractivity contribution in [1.29, 1.82) is 0 Å². The number of carboxylic acid groups (broad SMARTS) is 1. The summed E-state index contributed by atoms with van der Waals surface area (Å²) in [7, 11) is 1.49. The second-order valence-electron chi connectivity index (χ2n) is 6.12. The first-order valence-electron chi connectivity index (χ1n) is 8.03. The number of Topliss-reactive ketones (excluding diaryl/α,β-unsaturated/α-hetero) is 1. The van der Waals surface area contributed by atoms with Crippen LogP contribution in [0.15, 0.2) is 30.5 Å². The molecule has 0 spiro atoms. The monoisotopic (exact) mass is 341 g/mol. The molecule has 0 saturated heterocycles. The fraction of sp³-hybridized carbons (Fsp3) is 0.278. The van der Waals surface area contributed by atoms with Gasteiger partial charge >= 0.3 is 6.09 Å². The summed E-state index contributed by atoms with van der Waals surface area (Å²) in [5.74, 6) is -0.331. The van der Waals surface area contributed by atoms with E-state index in [1.807, 2.05) is 0 Å². The molecule has 25 heavy (non-hydrogen) atoms. The highest BCUT2D eigenvalue weighted by Gasteiger charge is 2.25. The average Bonchev–Trinajstić information content (AvgIpc) is 3.02. The van der Waals surface area contributed by atoms with Gasteiger partial charge in [0.1, 0.15) is 0 Å². The molecule has 7 nitrogen and oxygen atoms in total. The predicted octanol–water partition coefficient (Wildman–Crippen LogP) is 2.90. The lowest BCUT2D eigenvalue weighted by molar-refractivity contribution is 0.0956. The standard InChI is InChI=1S/C18H19N3O4/c1-21(18(24)25)10-11-5-7-12(8-6-11)20-17(23)13-9-19-14-3-2-4-15(22)16(13)14/h5-9,19H,2-4,10H2,1H3,(H,20,23)(H,24,25). The lowest BCUT2D eigenvalue weighted by Gasteiger charge is -2.14. The third-order valence-electron chi connectivity index (χ3n) is 4.27. The van der Waals surface area contributed by atoms with Gasteiger partial charge in [0.25, 0.3) is 5.91 Å². The number of aromatic nitrogens is 1. The van der Waals surface area contributed by atoms with Gasteiger partial charge in [0, 0.05) is 37.6 Å². The topological polar surface area (TPSA) is 103 Å². The molecule has 0 radical (unpaired) electrons. The zero-order valence-corrected chi connectivity index (χ0v) is 13.8. The van der Waals surface area contributed by atoms with Crippen molar-refractivity contribution in [3.8, 4) is 0 Å². The Morgan fingerprint density at radius 3 is 2.64 bits per heavy atom. The van der Waals surface area contributed by atoms with E-state index in [0.717, 1.165) is 24.1 Å². The number of anilines is 1. The highest BCUT2D eigenvalue weighted by molar-refractivity contribution is 6.13. The normalized spacial score (nSPS) is 13.2. The maximum atomic E-state index is 12.5. The summed E-state index contributed by atoms with van der Waals surface area (Å²) in [6.45, 7) is 0.267. The number of H-pyrrole nitrogens is 1. The third-order valence-corrected chi connectivity index (χ3v) is 4.27. The van der Waals surface area contributed by atoms with Gasteiger partial charge in [-0.25, -0.2) is 4.79 Å². The molecule has 0 bridgehead atoms. The zero-order valence-electron chi connectivity index (χ0n) is 13.8. The van der Waals surface area contributed by atoms with Gasteiger partial charge in [0.05, 0.1) is 11.1 Å². The minimum absolute atomic E-state index is 0.000272. The van der Waals surface area contributed by atoms with Crippen molar-refractivity contribution < 1.29 is 19.5 Å². The lowest BCUT2D eigenvalue weighted by atomic mass is 9.93. The molecule has 130 valence electrons. The summed E-state index contributed by atoms with van der Waals surface area (Å²) in [5.41, 5.74) is 3.10. The Bertz CT molecular complexity index is 823. The number of amides is 2. The number of carbonyl (C=O) groups is 3. The van der Waals surface area contributed by atoms with Crippen LogP contribution in [0.25, 0.3) is 0 Å². The Hall–Kier alpha value is -3.09. The number of fused-ring (bicyclic) bond motifs is 1. The molecule has 3 rings (SSSR count). The van der Waals surface area contributed by atoms with Crippen LogP contribution in [-0.2, 0) is 13.0 Å². The second kappa shape index (κ2) is 6.80. The van der Waals surface area contributed by atoms with Crippen LogP contribution in [0.2, 0.25) is 0 Å². The Labute approximate surface area is 144 Å². The fourth-order valence-corrected chi connectivity index (χ4v) is 2.95. The first kappa shape index (κ1) is 16.8. The van der Waals surface area contributed by atoms with Gasteiger partial charge in [-0.3, -0.25) is 9.59 Å². The molecule has 0 aliphatic heterocycles. The molecule has 0 saturated carbocycles. The van der Waals surface area contributed by atoms with Crippen LogP contribution in [0.1, 0.15) is 44.8 Å². The largest absolute Gasteiger partial charge is 0.465 e. The number of carbonyl (C=O) groups excluding carboxylic acids is 2. The van der Waals surface area contributed by atoms with E-state index in [0.29, 0.717) is 23.2 Å². The summed E-state index contributed by atoms with van der Waals surface area (Å²) < 4.78 is 0. The number of rotatable bonds is 4. The van der Waals surface area contributed by atoms with E-state index in [1.165, 1.54) is 11.9 Å². The van der Waals surface area contributed by atoms with E-state index >= 15 is 0 Å². The molecule has 7 heteroatoms. The minimum atomic E-state index is -1.00. The van der Waals surface area contributed by atoms with Crippen molar-refractivity contribution in [3.05, 3.63) is 52.8 Å². The Kier molecular flexibility index (Phi) is 4.56. The molecule has 2 aromatic rings. The van der Waals surface area contributed by atoms with Crippen molar-refractivity contribution in [2.24, 2.45) is 0 Å². The molecule has 1 aliphatic carbocycles. The van der Waals surface area contributed by atoms with Crippen molar-refractivity contribution in [2.75, 3.05) is 12.4 Å². The summed E-state index contributed by atoms with van der Waals surface area (Å²) in [6, 6.07) is 6.94. The highest BCUT2D eigenvalue weighted by Crippen LogP contribution is 2.24. The van der Waals surface area contributed by atoms with E-state index in [2.05, 4.69) is 10.3 Å². The van der Waals surface area contributed by atoms with Crippen molar-refractivity contribution in [1.82, 2.24) is 9.88 Å². The maximum Gasteiger partial charge on any atom is 0.407 e. The van der Waals surface area contributed by atoms with Crippen LogP contribution in [0, 0.1) is 0 Å². The molecular weight excluding hydrogens is 322 g/mol. The van der Waals surface area contributed by atoms with Gasteiger partial charge in [-0.2, -0.15) is 0 Å². The molecule has 0 unspecified atom stereocenters. The molecule has 1 aromatic carbocycles. The quantitative estimate of drug-likeness (QED) is 0.795. The van der Waals surface area contributed by atoms with Crippen LogP contribution >= 0.6 is 0 Å². The molecule has 2 amide bonds. The Balaban J connectivity index is 1.71. The highest BCUT2D eigenvalue weighted by atomic mass is 16.4. The number of hydrogen-bond acceptors (Lipinski definition) is 3. The van der Waals surface area contributed by atoms with Gasteiger partial charge in [0.15, 0.2) is 5.78 Å². The molecule has 1 aliphatic rings. The number of ketones is 1. The molecule has 1 heterocycles. The van der Waals surface area contributed by atoms with Gasteiger partial charge in [-0.05, 0) is 30.5 Å². The first-order chi connectivity index (χ1) is 12.0. The van der Waals surface area contributed by atoms with Crippen LogP contribution in [0.3, 0.4) is 0 Å². The molecular formula is C18H19N3O4. The van der Waals surface area contributed by atoms with E-state index in [1.54, 1.807) is 30.5 Å². The predicted molar refractivity (Wildman–Crippen MR) is 91.9 cm³/mol. The molecule has 3 N–H and O–H groups in total. The zero-order chi connectivity index (χ0) is 18.0. The Morgan fingerprint density at radius 1 is 1.24 bits per heavy atom. The van der Waals surface area contributed by atoms with Crippen molar-refractivity contribution in [3.63, 3.8) is 0 Å². The summed E-state index contributed by atoms with van der Waals surface area (Å²) in [6.07, 6.45) is 2.63. The van der Waals surface area contributed by atoms with Gasteiger partial charge in [0.2, 0.25) is 0 Å². The Morgan fingerprint density at radius 2 is 1.96 bits per heavy atom. The van der Waals surface area contributed by atoms with Crippen LogP contribution < -0.4 is 5.32 Å². The first-order valence-corrected chi connectivity index (χ1v) is 8.03. The lowest BCUT2D eigenvalue weighted by Crippen LogP contribution is -2.23. The SMILES string of the molecule is CN(Cc1ccc(NC(=O)c2c[nH]c3c2C(=O)CCC3)cc1)C(=O)O. The second-order valence-corrected chi connectivity index (χ2v) is 6.12. The van der Waals surface area contributed by atoms with E-state index in [4.69, 9.17) is 5.11 Å². The van der Waals surface area contributed by atoms with Crippen molar-refractivity contribution in [2.45, 2.75) is 25.8 Å². The van der Waals surface area contributed by atoms with Gasteiger partial charge in [-0.15, -0.1) is 0 Å². The number of benzene rings is 1. The minimum Gasteiger partial charge on any atom is -0.465 e. The summed E-state index contributed by atoms with van der Waals surface area (Å²) in [4.78, 5) is 39.6. The van der Waals surface area contributed by atoms with Crippen molar-refractivity contribution >= 4 is 23.5 Å². The smallest absolute Gasteiger partial charge is 0.407 e. The number of hydrogen-bond donors (Lipinski definition) is 3. The van der Waals surface area contributed by atoms with Gasteiger partial charge < -0.3 is 20.3 Å². The number of nitrogens with one attached hydrogen (secondary N) is 2. The van der Waals surface area contributed by atoms with Crippen LogP contribution in [0.4, 0.5) is 10.5 Å². The molecule has 0 fully saturated rings. The van der Waals surface area contributed by atoms with E-state index in [9.17, 15) is 14.4 Å². The number of nitrogens with zero attached hydrogens (tertiary/aromatic N) is 1. The molecule has 0 atom stereocenters. The van der Waals surface area contributed by atoms with Crippen LogP contribution in [-0.4, -0.2) is 39.8 Å². The molecule has 1 aromatic heterocycles. The average molecular weight is 341 g/mol. The summed E-state index contributed by atoms with van der Waals surface area (Å²) in [5, 5.41) is 11.7. The van der Waals surface area contributed by atoms with E-state index in [-0.39, 0.29) is 18.2 Å². The fourth-order valence-electron chi connectivity index (χ4n) is 2.95. The van der Waals surface area contributed by atoms with Gasteiger partial charge in [-0.1, -0.05) is 12.1 Å². The maximum absolute atomic E-state index is 12.5. The summed E-state index contributed by atoms with van der Waals surface area (Å²) >= 11 is 0. The van der Waals surface area contributed by atoms with Crippen LogP contribution in [0.5, 0.6) is 0 Å².